The molecule has 3 aromatic rings. The molecule has 1 fully saturated rings. The molecule has 0 saturated carbocycles. The Morgan fingerprint density at radius 3 is 2.37 bits per heavy atom. The number of hydrogen-bond acceptors (Lipinski definition) is 5. The van der Waals surface area contributed by atoms with Gasteiger partial charge in [-0.25, -0.2) is 0 Å². The van der Waals surface area contributed by atoms with Gasteiger partial charge in [0.05, 0.1) is 16.0 Å². The molecule has 0 unspecified atom stereocenters. The molecule has 1 N–H and O–H groups in total. The van der Waals surface area contributed by atoms with Crippen LogP contribution in [0.1, 0.15) is 44.1 Å². The minimum Gasteiger partial charge on any atom is -0.389 e. The molecule has 0 spiro atoms. The third kappa shape index (κ3) is 4.94. The first-order chi connectivity index (χ1) is 14.2. The number of thiophene rings is 1. The summed E-state index contributed by atoms with van der Waals surface area (Å²) in [5.74, 6) is 0. The Morgan fingerprint density at radius 2 is 1.73 bits per heavy atom. The SMILES string of the molecule is CC(C)(C)n1sc(-c2ccc(CN3CCC(O)(Cc4ccccc4)CC3)s2)cc1=O. The molecular weight excluding hydrogens is 412 g/mol. The Bertz CT molecular complexity index is 1040. The fourth-order valence-electron chi connectivity index (χ4n) is 4.02. The van der Waals surface area contributed by atoms with Crippen molar-refractivity contribution in [2.24, 2.45) is 0 Å². The maximum absolute atomic E-state index is 12.3. The summed E-state index contributed by atoms with van der Waals surface area (Å²) in [6.45, 7) is 8.90. The van der Waals surface area contributed by atoms with Gasteiger partial charge >= 0.3 is 0 Å². The zero-order valence-electron chi connectivity index (χ0n) is 17.9. The molecule has 0 radical (unpaired) electrons. The summed E-state index contributed by atoms with van der Waals surface area (Å²) in [4.78, 5) is 18.3. The van der Waals surface area contributed by atoms with Crippen molar-refractivity contribution in [3.05, 3.63) is 69.3 Å². The first-order valence-electron chi connectivity index (χ1n) is 10.5. The minimum absolute atomic E-state index is 0.0752. The third-order valence-electron chi connectivity index (χ3n) is 5.70. The van der Waals surface area contributed by atoms with Crippen molar-refractivity contribution in [1.82, 2.24) is 8.86 Å². The first-order valence-corrected chi connectivity index (χ1v) is 12.1. The summed E-state index contributed by atoms with van der Waals surface area (Å²) in [7, 11) is 0. The molecule has 1 aliphatic rings. The van der Waals surface area contributed by atoms with Gasteiger partial charge in [0, 0.05) is 41.9 Å². The number of hydrogen-bond donors (Lipinski definition) is 1. The van der Waals surface area contributed by atoms with E-state index in [2.05, 4.69) is 49.9 Å². The van der Waals surface area contributed by atoms with E-state index in [0.29, 0.717) is 0 Å². The predicted octanol–water partition coefficient (Wildman–Crippen LogP) is 4.96. The average Bonchev–Trinajstić information content (AvgIpc) is 3.31. The molecule has 160 valence electrons. The maximum Gasteiger partial charge on any atom is 0.261 e. The van der Waals surface area contributed by atoms with Gasteiger partial charge in [-0.15, -0.1) is 11.3 Å². The molecule has 30 heavy (non-hydrogen) atoms. The van der Waals surface area contributed by atoms with Crippen LogP contribution in [0.3, 0.4) is 0 Å². The molecule has 2 aromatic heterocycles. The van der Waals surface area contributed by atoms with E-state index in [-0.39, 0.29) is 11.1 Å². The van der Waals surface area contributed by atoms with Gasteiger partial charge in [-0.2, -0.15) is 0 Å². The number of rotatable bonds is 5. The number of aliphatic hydroxyl groups is 1. The summed E-state index contributed by atoms with van der Waals surface area (Å²) in [5, 5.41) is 11.0. The molecule has 4 nitrogen and oxygen atoms in total. The molecule has 0 aliphatic carbocycles. The number of piperidine rings is 1. The van der Waals surface area contributed by atoms with E-state index >= 15 is 0 Å². The normalized spacial score (nSPS) is 17.3. The Hall–Kier alpha value is -1.73. The summed E-state index contributed by atoms with van der Waals surface area (Å²) >= 11 is 3.32. The van der Waals surface area contributed by atoms with Crippen LogP contribution in [0.4, 0.5) is 0 Å². The van der Waals surface area contributed by atoms with Crippen LogP contribution in [-0.2, 0) is 18.5 Å². The van der Waals surface area contributed by atoms with Crippen LogP contribution >= 0.6 is 22.9 Å². The second kappa shape index (κ2) is 8.42. The number of benzene rings is 1. The quantitative estimate of drug-likeness (QED) is 0.607. The van der Waals surface area contributed by atoms with E-state index in [1.54, 1.807) is 28.9 Å². The van der Waals surface area contributed by atoms with E-state index in [9.17, 15) is 9.90 Å². The zero-order chi connectivity index (χ0) is 21.4. The van der Waals surface area contributed by atoms with Crippen molar-refractivity contribution in [3.63, 3.8) is 0 Å². The lowest BCUT2D eigenvalue weighted by atomic mass is 9.85. The number of likely N-dealkylation sites (tertiary alicyclic amines) is 1. The summed E-state index contributed by atoms with van der Waals surface area (Å²) in [6, 6.07) is 16.4. The Balaban J connectivity index is 1.37. The first kappa shape index (κ1) is 21.5. The van der Waals surface area contributed by atoms with Crippen LogP contribution in [0, 0.1) is 0 Å². The molecule has 1 saturated heterocycles. The van der Waals surface area contributed by atoms with Gasteiger partial charge in [-0.05, 0) is 51.3 Å². The third-order valence-corrected chi connectivity index (χ3v) is 8.38. The standard InChI is InChI=1S/C24H30N2O2S2/c1-23(2,3)26-22(27)15-21(30-26)20-10-9-19(29-20)17-25-13-11-24(28,12-14-25)16-18-7-5-4-6-8-18/h4-10,15,28H,11-14,16-17H2,1-3H3. The van der Waals surface area contributed by atoms with Gasteiger partial charge in [0.15, 0.2) is 0 Å². The maximum atomic E-state index is 12.3. The Labute approximate surface area is 186 Å². The van der Waals surface area contributed by atoms with Gasteiger partial charge in [0.2, 0.25) is 0 Å². The van der Waals surface area contributed by atoms with Gasteiger partial charge in [-0.3, -0.25) is 13.7 Å². The Morgan fingerprint density at radius 1 is 1.03 bits per heavy atom. The highest BCUT2D eigenvalue weighted by molar-refractivity contribution is 7.20. The van der Waals surface area contributed by atoms with Crippen molar-refractivity contribution < 1.29 is 5.11 Å². The Kier molecular flexibility index (Phi) is 6.04. The van der Waals surface area contributed by atoms with Gasteiger partial charge < -0.3 is 5.11 Å². The molecule has 3 heterocycles. The highest BCUT2D eigenvalue weighted by Crippen LogP contribution is 2.34. The van der Waals surface area contributed by atoms with Crippen LogP contribution < -0.4 is 5.56 Å². The van der Waals surface area contributed by atoms with Gasteiger partial charge in [0.25, 0.3) is 5.56 Å². The second-order valence-electron chi connectivity index (χ2n) is 9.33. The fraction of sp³-hybridized carbons (Fsp3) is 0.458. The van der Waals surface area contributed by atoms with Crippen molar-refractivity contribution >= 4 is 22.9 Å². The van der Waals surface area contributed by atoms with E-state index in [4.69, 9.17) is 0 Å². The van der Waals surface area contributed by atoms with Crippen LogP contribution in [-0.4, -0.2) is 32.7 Å². The minimum atomic E-state index is -0.597. The summed E-state index contributed by atoms with van der Waals surface area (Å²) in [5.41, 5.74) is 0.494. The topological polar surface area (TPSA) is 45.5 Å². The van der Waals surface area contributed by atoms with Crippen LogP contribution in [0.5, 0.6) is 0 Å². The fourth-order valence-corrected chi connectivity index (χ4v) is 6.14. The van der Waals surface area contributed by atoms with Gasteiger partial charge in [-0.1, -0.05) is 41.9 Å². The van der Waals surface area contributed by atoms with Crippen LogP contribution in [0.15, 0.2) is 53.3 Å². The second-order valence-corrected chi connectivity index (χ2v) is 11.5. The molecule has 0 bridgehead atoms. The van der Waals surface area contributed by atoms with Crippen molar-refractivity contribution in [1.29, 1.82) is 0 Å². The van der Waals surface area contributed by atoms with Crippen molar-refractivity contribution in [2.45, 2.75) is 57.7 Å². The monoisotopic (exact) mass is 442 g/mol. The molecule has 0 atom stereocenters. The van der Waals surface area contributed by atoms with Crippen molar-refractivity contribution in [3.8, 4) is 9.75 Å². The molecular formula is C24H30N2O2S2. The summed E-state index contributed by atoms with van der Waals surface area (Å²) in [6.07, 6.45) is 2.33. The molecule has 4 rings (SSSR count). The molecule has 0 amide bonds. The lowest BCUT2D eigenvalue weighted by molar-refractivity contribution is -0.0222. The largest absolute Gasteiger partial charge is 0.389 e. The molecule has 1 aromatic carbocycles. The summed E-state index contributed by atoms with van der Waals surface area (Å²) < 4.78 is 1.85. The van der Waals surface area contributed by atoms with E-state index in [0.717, 1.165) is 48.7 Å². The predicted molar refractivity (Wildman–Crippen MR) is 126 cm³/mol. The van der Waals surface area contributed by atoms with E-state index in [1.165, 1.54) is 10.4 Å². The number of aromatic nitrogens is 1. The lowest BCUT2D eigenvalue weighted by Gasteiger charge is -2.38. The van der Waals surface area contributed by atoms with Crippen molar-refractivity contribution in [2.75, 3.05) is 13.1 Å². The lowest BCUT2D eigenvalue weighted by Crippen LogP contribution is -2.45. The van der Waals surface area contributed by atoms with Gasteiger partial charge in [0.1, 0.15) is 0 Å². The van der Waals surface area contributed by atoms with Crippen LogP contribution in [0.25, 0.3) is 9.75 Å². The smallest absolute Gasteiger partial charge is 0.261 e. The highest BCUT2D eigenvalue weighted by Gasteiger charge is 2.32. The van der Waals surface area contributed by atoms with E-state index < -0.39 is 5.60 Å². The molecule has 6 heteroatoms. The van der Waals surface area contributed by atoms with Crippen LogP contribution in [0.2, 0.25) is 0 Å². The zero-order valence-corrected chi connectivity index (χ0v) is 19.6. The molecule has 1 aliphatic heterocycles. The average molecular weight is 443 g/mol. The highest BCUT2D eigenvalue weighted by atomic mass is 32.1. The van der Waals surface area contributed by atoms with E-state index in [1.807, 2.05) is 22.2 Å². The number of nitrogens with zero attached hydrogens (tertiary/aromatic N) is 2.